The van der Waals surface area contributed by atoms with Crippen molar-refractivity contribution >= 4 is 36.9 Å². The largest absolute Gasteiger partial charge is 0.507 e. The minimum Gasteiger partial charge on any atom is -0.507 e. The van der Waals surface area contributed by atoms with Crippen LogP contribution in [0.1, 0.15) is 78.2 Å². The van der Waals surface area contributed by atoms with E-state index in [9.17, 15) is 33.1 Å². The van der Waals surface area contributed by atoms with Gasteiger partial charge >= 0.3 is 5.97 Å². The van der Waals surface area contributed by atoms with Crippen molar-refractivity contribution in [2.45, 2.75) is 38.5 Å². The molecule has 2 saturated heterocycles. The maximum atomic E-state index is 13.0. The fourth-order valence-electron chi connectivity index (χ4n) is 6.10. The number of likely N-dealkylation sites (tertiary alicyclic amines) is 1. The van der Waals surface area contributed by atoms with Crippen molar-refractivity contribution in [3.8, 4) is 11.5 Å². The Bertz CT molecular complexity index is 1770. The van der Waals surface area contributed by atoms with E-state index >= 15 is 0 Å². The Balaban J connectivity index is 0.000000229. The van der Waals surface area contributed by atoms with Gasteiger partial charge < -0.3 is 25.5 Å². The molecule has 2 heterocycles. The molecule has 2 aliphatic heterocycles. The molecule has 0 atom stereocenters. The Labute approximate surface area is 307 Å². The Kier molecular flexibility index (Phi) is 16.4. The fraction of sp³-hybridized carbons (Fsp3) is 0.300. The number of phenols is 2. The fourth-order valence-corrected chi connectivity index (χ4v) is 6.10. The van der Waals surface area contributed by atoms with Crippen molar-refractivity contribution in [3.05, 3.63) is 130 Å². The Morgan fingerprint density at radius 2 is 1.10 bits per heavy atom. The molecule has 4 aromatic rings. The van der Waals surface area contributed by atoms with Crippen molar-refractivity contribution in [2.24, 2.45) is 11.8 Å². The van der Waals surface area contributed by atoms with Crippen LogP contribution in [-0.2, 0) is 12.8 Å². The average molecular weight is 737 g/mol. The van der Waals surface area contributed by atoms with Crippen molar-refractivity contribution < 1.29 is 43.3 Å². The van der Waals surface area contributed by atoms with Crippen molar-refractivity contribution in [2.75, 3.05) is 26.2 Å². The number of carbonyl (C=O) groups excluding carboxylic acids is 3. The van der Waals surface area contributed by atoms with Gasteiger partial charge in [0.05, 0.1) is 5.56 Å². The van der Waals surface area contributed by atoms with Gasteiger partial charge in [-0.05, 0) is 135 Å². The first-order valence-electron chi connectivity index (χ1n) is 16.8. The smallest absolute Gasteiger partial charge is 0.339 e. The molecule has 9 nitrogen and oxygen atoms in total. The average Bonchev–Trinajstić information content (AvgIpc) is 3.15. The van der Waals surface area contributed by atoms with E-state index in [1.165, 1.54) is 60.9 Å². The van der Waals surface area contributed by atoms with Crippen LogP contribution in [0.4, 0.5) is 8.78 Å². The zero-order valence-corrected chi connectivity index (χ0v) is 29.4. The number of carboxylic acids is 1. The molecule has 0 saturated carbocycles. The molecule has 0 bridgehead atoms. The second-order valence-corrected chi connectivity index (χ2v) is 12.7. The minimum absolute atomic E-state index is 0. The van der Waals surface area contributed by atoms with E-state index in [4.69, 9.17) is 10.2 Å². The number of aromatic carboxylic acids is 1. The molecule has 12 heteroatoms. The highest BCUT2D eigenvalue weighted by Crippen LogP contribution is 2.26. The predicted octanol–water partition coefficient (Wildman–Crippen LogP) is 7.13. The second kappa shape index (κ2) is 20.7. The molecular weight excluding hydrogens is 694 g/mol. The van der Waals surface area contributed by atoms with Gasteiger partial charge in [-0.25, -0.2) is 13.6 Å². The van der Waals surface area contributed by atoms with Gasteiger partial charge in [0, 0.05) is 24.2 Å². The van der Waals surface area contributed by atoms with Crippen molar-refractivity contribution in [1.29, 1.82) is 0 Å². The van der Waals surface area contributed by atoms with E-state index in [0.717, 1.165) is 56.3 Å². The number of aromatic hydroxyl groups is 2. The molecule has 4 N–H and O–H groups in total. The summed E-state index contributed by atoms with van der Waals surface area (Å²) in [4.78, 5) is 45.8. The highest BCUT2D eigenvalue weighted by Gasteiger charge is 2.25. The topological polar surface area (TPSA) is 144 Å². The van der Waals surface area contributed by atoms with E-state index in [1.807, 2.05) is 12.1 Å². The molecule has 4 aromatic carbocycles. The number of phenolic OH excluding ortho intramolecular Hbond substituents is 1. The van der Waals surface area contributed by atoms with Gasteiger partial charge in [0.15, 0.2) is 0 Å². The summed E-state index contributed by atoms with van der Waals surface area (Å²) in [6.07, 6.45) is 7.36. The highest BCUT2D eigenvalue weighted by molar-refractivity contribution is 5.98. The van der Waals surface area contributed by atoms with Crippen LogP contribution in [0.25, 0.3) is 0 Å². The van der Waals surface area contributed by atoms with Crippen LogP contribution in [0, 0.1) is 23.5 Å². The van der Waals surface area contributed by atoms with Gasteiger partial charge in [0.25, 0.3) is 5.91 Å². The summed E-state index contributed by atoms with van der Waals surface area (Å²) in [6, 6.07) is 21.4. The summed E-state index contributed by atoms with van der Waals surface area (Å²) in [6.45, 7) is 3.47. The number of piperidine rings is 2. The summed E-state index contributed by atoms with van der Waals surface area (Å²) < 4.78 is 25.6. The molecular formula is C40H43ClF2N2O7. The summed E-state index contributed by atoms with van der Waals surface area (Å²) in [5, 5.41) is 30.8. The summed E-state index contributed by atoms with van der Waals surface area (Å²) in [5.74, 6) is -1.10. The first kappa shape index (κ1) is 41.3. The van der Waals surface area contributed by atoms with E-state index in [-0.39, 0.29) is 58.1 Å². The molecule has 52 heavy (non-hydrogen) atoms. The molecule has 276 valence electrons. The number of carboxylic acid groups (broad SMARTS) is 1. The quantitative estimate of drug-likeness (QED) is 0.140. The Morgan fingerprint density at radius 3 is 1.54 bits per heavy atom. The number of rotatable bonds is 8. The number of hydrogen-bond donors (Lipinski definition) is 4. The highest BCUT2D eigenvalue weighted by atomic mass is 35.5. The van der Waals surface area contributed by atoms with Gasteiger partial charge in [-0.2, -0.15) is 0 Å². The molecule has 2 aliphatic rings. The third-order valence-corrected chi connectivity index (χ3v) is 9.01. The van der Waals surface area contributed by atoms with E-state index in [1.54, 1.807) is 29.2 Å². The Morgan fingerprint density at radius 1 is 0.673 bits per heavy atom. The molecule has 6 rings (SSSR count). The third kappa shape index (κ3) is 12.6. The first-order chi connectivity index (χ1) is 24.6. The normalized spacial score (nSPS) is 14.4. The van der Waals surface area contributed by atoms with Crippen LogP contribution >= 0.6 is 12.4 Å². The summed E-state index contributed by atoms with van der Waals surface area (Å²) in [5.41, 5.74) is 2.86. The number of nitrogens with one attached hydrogen (secondary N) is 1. The molecule has 1 amide bonds. The molecule has 2 fully saturated rings. The molecule has 0 radical (unpaired) electrons. The van der Waals surface area contributed by atoms with Gasteiger partial charge in [0.1, 0.15) is 41.3 Å². The van der Waals surface area contributed by atoms with Crippen LogP contribution in [0.5, 0.6) is 11.5 Å². The number of aldehydes is 2. The number of hydrogen-bond acceptors (Lipinski definition) is 7. The monoisotopic (exact) mass is 736 g/mol. The maximum Gasteiger partial charge on any atom is 0.339 e. The van der Waals surface area contributed by atoms with Crippen LogP contribution < -0.4 is 5.32 Å². The van der Waals surface area contributed by atoms with Crippen LogP contribution in [0.3, 0.4) is 0 Å². The van der Waals surface area contributed by atoms with Crippen molar-refractivity contribution in [3.63, 3.8) is 0 Å². The third-order valence-electron chi connectivity index (χ3n) is 9.01. The van der Waals surface area contributed by atoms with Crippen molar-refractivity contribution in [1.82, 2.24) is 10.2 Å². The van der Waals surface area contributed by atoms with Gasteiger partial charge in [-0.3, -0.25) is 14.4 Å². The zero-order chi connectivity index (χ0) is 36.8. The molecule has 0 spiro atoms. The summed E-state index contributed by atoms with van der Waals surface area (Å²) in [7, 11) is 0. The number of amides is 1. The lowest BCUT2D eigenvalue weighted by molar-refractivity contribution is 0.0680. The predicted molar refractivity (Wildman–Crippen MR) is 196 cm³/mol. The van der Waals surface area contributed by atoms with E-state index < -0.39 is 5.97 Å². The number of halogens is 3. The van der Waals surface area contributed by atoms with Gasteiger partial charge in [-0.1, -0.05) is 24.3 Å². The molecule has 0 unspecified atom stereocenters. The van der Waals surface area contributed by atoms with E-state index in [0.29, 0.717) is 37.1 Å². The maximum absolute atomic E-state index is 13.0. The number of carbonyl (C=O) groups is 4. The van der Waals surface area contributed by atoms with Crippen LogP contribution in [0.2, 0.25) is 0 Å². The molecule has 0 aromatic heterocycles. The minimum atomic E-state index is -1.25. The SMILES string of the molecule is Cl.Fc1ccc(CC2CCNCC2)cc1.O=Cc1ccc(O)c(C(=O)N2CCC(Cc3ccc(F)cc3)CC2)c1.O=Cc1ccc(O)c(C(=O)O)c1. The Hall–Kier alpha value is -5.13. The van der Waals surface area contributed by atoms with Gasteiger partial charge in [0.2, 0.25) is 0 Å². The summed E-state index contributed by atoms with van der Waals surface area (Å²) >= 11 is 0. The number of nitrogens with zero attached hydrogens (tertiary/aromatic N) is 1. The molecule has 0 aliphatic carbocycles. The second-order valence-electron chi connectivity index (χ2n) is 12.7. The number of benzene rings is 4. The lowest BCUT2D eigenvalue weighted by atomic mass is 9.90. The van der Waals surface area contributed by atoms with Gasteiger partial charge in [-0.15, -0.1) is 12.4 Å². The zero-order valence-electron chi connectivity index (χ0n) is 28.5. The van der Waals surface area contributed by atoms with E-state index in [2.05, 4.69) is 5.32 Å². The standard InChI is InChI=1S/C20H20FNO3.C12H16FN.C8H6O4.ClH/c21-17-4-1-14(2-5-17)11-15-7-9-22(10-8-15)20(25)18-12-16(13-23)3-6-19(18)24;13-12-3-1-10(2-4-12)9-11-5-7-14-8-6-11;9-4-5-1-2-7(10)6(3-5)8(11)12;/h1-6,12-13,15,24H,7-11H2;1-4,11,14H,5-9H2;1-4,10H,(H,11,12);1H. The lowest BCUT2D eigenvalue weighted by Crippen LogP contribution is -2.39. The van der Waals surface area contributed by atoms with Crippen LogP contribution in [0.15, 0.2) is 84.9 Å². The van der Waals surface area contributed by atoms with Crippen LogP contribution in [-0.4, -0.2) is 70.8 Å². The lowest BCUT2D eigenvalue weighted by Gasteiger charge is -2.32. The first-order valence-corrected chi connectivity index (χ1v) is 16.8.